The Labute approximate surface area is 59.8 Å². The normalized spacial score (nSPS) is 18.7. The molecule has 1 rings (SSSR count). The fourth-order valence-electron chi connectivity index (χ4n) is 0.674. The van der Waals surface area contributed by atoms with Gasteiger partial charge in [0, 0.05) is 0 Å². The second-order valence-electron chi connectivity index (χ2n) is 1.92. The summed E-state index contributed by atoms with van der Waals surface area (Å²) >= 11 is 0. The maximum Gasteiger partial charge on any atom is 0.294 e. The minimum Gasteiger partial charge on any atom is -0.282 e. The van der Waals surface area contributed by atoms with E-state index in [9.17, 15) is 8.42 Å². The largest absolute Gasteiger partial charge is 0.294 e. The Kier molecular flexibility index (Phi) is 1.92. The van der Waals surface area contributed by atoms with Crippen molar-refractivity contribution in [2.45, 2.75) is 6.42 Å². The van der Waals surface area contributed by atoms with Gasteiger partial charge in [0.2, 0.25) is 0 Å². The Morgan fingerprint density at radius 1 is 1.50 bits per heavy atom. The molecule has 0 aliphatic heterocycles. The summed E-state index contributed by atoms with van der Waals surface area (Å²) in [7, 11) is -3.98. The Morgan fingerprint density at radius 3 is 2.50 bits per heavy atom. The molecule has 1 aliphatic carbocycles. The molecule has 4 heteroatoms. The second kappa shape index (κ2) is 2.56. The molecule has 3 nitrogen and oxygen atoms in total. The highest BCUT2D eigenvalue weighted by Gasteiger charge is 2.10. The van der Waals surface area contributed by atoms with Gasteiger partial charge in [-0.15, -0.1) is 0 Å². The minimum atomic E-state index is -3.98. The highest BCUT2D eigenvalue weighted by Crippen LogP contribution is 2.12. The Hall–Kier alpha value is -0.610. The van der Waals surface area contributed by atoms with Gasteiger partial charge in [-0.25, -0.2) is 0 Å². The van der Waals surface area contributed by atoms with Crippen LogP contribution in [0, 0.1) is 6.42 Å². The number of rotatable bonds is 1. The van der Waals surface area contributed by atoms with Crippen LogP contribution < -0.4 is 0 Å². The van der Waals surface area contributed by atoms with E-state index in [0.717, 1.165) is 6.42 Å². The van der Waals surface area contributed by atoms with E-state index in [4.69, 9.17) is 4.55 Å². The fourth-order valence-corrected chi connectivity index (χ4v) is 1.21. The lowest BCUT2D eigenvalue weighted by molar-refractivity contribution is 0.492. The molecule has 0 heterocycles. The van der Waals surface area contributed by atoms with Gasteiger partial charge in [0.15, 0.2) is 0 Å². The van der Waals surface area contributed by atoms with Gasteiger partial charge in [-0.1, -0.05) is 12.2 Å². The molecule has 0 aromatic rings. The van der Waals surface area contributed by atoms with Crippen molar-refractivity contribution in [3.63, 3.8) is 0 Å². The van der Waals surface area contributed by atoms with E-state index in [1.54, 1.807) is 12.5 Å². The summed E-state index contributed by atoms with van der Waals surface area (Å²) in [5, 5.41) is 0. The summed E-state index contributed by atoms with van der Waals surface area (Å²) in [5.74, 6) is 0. The quantitative estimate of drug-likeness (QED) is 0.579. The first kappa shape index (κ1) is 7.50. The molecule has 55 valence electrons. The van der Waals surface area contributed by atoms with Crippen molar-refractivity contribution in [2.75, 3.05) is 0 Å². The van der Waals surface area contributed by atoms with Gasteiger partial charge in [-0.3, -0.25) is 4.55 Å². The Bertz CT molecular complexity index is 271. The molecule has 1 radical (unpaired) electrons. The summed E-state index contributed by atoms with van der Waals surface area (Å²) in [6.45, 7) is 0. The van der Waals surface area contributed by atoms with Gasteiger partial charge in [0.1, 0.15) is 0 Å². The van der Waals surface area contributed by atoms with E-state index in [-0.39, 0.29) is 4.91 Å². The van der Waals surface area contributed by atoms with Crippen molar-refractivity contribution in [3.8, 4) is 0 Å². The summed E-state index contributed by atoms with van der Waals surface area (Å²) < 4.78 is 29.3. The highest BCUT2D eigenvalue weighted by atomic mass is 32.2. The molecule has 0 saturated heterocycles. The van der Waals surface area contributed by atoms with Crippen LogP contribution >= 0.6 is 0 Å². The molecule has 0 atom stereocenters. The van der Waals surface area contributed by atoms with Crippen molar-refractivity contribution >= 4 is 10.1 Å². The number of allylic oxidation sites excluding steroid dienone is 3. The monoisotopic (exact) mass is 159 g/mol. The van der Waals surface area contributed by atoms with Gasteiger partial charge in [0.05, 0.1) is 4.91 Å². The zero-order valence-corrected chi connectivity index (χ0v) is 6.00. The van der Waals surface area contributed by atoms with Crippen LogP contribution in [0.3, 0.4) is 0 Å². The topological polar surface area (TPSA) is 54.4 Å². The molecule has 0 unspecified atom stereocenters. The predicted molar refractivity (Wildman–Crippen MR) is 37.7 cm³/mol. The molecule has 0 bridgehead atoms. The van der Waals surface area contributed by atoms with E-state index < -0.39 is 10.1 Å². The Balaban J connectivity index is 2.94. The Morgan fingerprint density at radius 2 is 2.20 bits per heavy atom. The molecule has 1 N–H and O–H groups in total. The number of hydrogen-bond donors (Lipinski definition) is 1. The van der Waals surface area contributed by atoms with E-state index >= 15 is 0 Å². The van der Waals surface area contributed by atoms with Crippen molar-refractivity contribution < 1.29 is 13.0 Å². The molecule has 0 aromatic heterocycles. The highest BCUT2D eigenvalue weighted by molar-refractivity contribution is 7.90. The summed E-state index contributed by atoms with van der Waals surface area (Å²) in [4.78, 5) is -0.0428. The lowest BCUT2D eigenvalue weighted by Gasteiger charge is -2.00. The molecule has 0 saturated carbocycles. The standard InChI is InChI=1S/C6H7O3S/c7-10(8,9)6-4-2-1-3-5-6/h2-5H,1H2,(H,7,8,9). The van der Waals surface area contributed by atoms with Crippen LogP contribution in [0.5, 0.6) is 0 Å². The molecular weight excluding hydrogens is 152 g/mol. The summed E-state index contributed by atoms with van der Waals surface area (Å²) in [6.07, 6.45) is 6.83. The SMILES string of the molecule is O=S(=O)(O)C1=C[CH]CC=C1. The predicted octanol–water partition coefficient (Wildman–Crippen LogP) is 0.922. The fraction of sp³-hybridized carbons (Fsp3) is 0.167. The van der Waals surface area contributed by atoms with Gasteiger partial charge in [-0.2, -0.15) is 8.42 Å². The lowest BCUT2D eigenvalue weighted by atomic mass is 10.2. The lowest BCUT2D eigenvalue weighted by Crippen LogP contribution is -2.01. The van der Waals surface area contributed by atoms with Crippen LogP contribution in [0.4, 0.5) is 0 Å². The molecule has 0 aromatic carbocycles. The van der Waals surface area contributed by atoms with Crippen molar-refractivity contribution in [1.82, 2.24) is 0 Å². The second-order valence-corrected chi connectivity index (χ2v) is 3.34. The van der Waals surface area contributed by atoms with Gasteiger partial charge >= 0.3 is 0 Å². The zero-order chi connectivity index (χ0) is 7.61. The van der Waals surface area contributed by atoms with Crippen LogP contribution in [-0.2, 0) is 10.1 Å². The third-order valence-electron chi connectivity index (χ3n) is 1.13. The first-order chi connectivity index (χ1) is 4.61. The van der Waals surface area contributed by atoms with Crippen LogP contribution in [0.2, 0.25) is 0 Å². The average Bonchev–Trinajstić information content (AvgIpc) is 1.88. The summed E-state index contributed by atoms with van der Waals surface area (Å²) in [5.41, 5.74) is 0. The van der Waals surface area contributed by atoms with Gasteiger partial charge in [0.25, 0.3) is 10.1 Å². The van der Waals surface area contributed by atoms with Crippen LogP contribution in [-0.4, -0.2) is 13.0 Å². The average molecular weight is 159 g/mol. The maximum absolute atomic E-state index is 10.4. The zero-order valence-electron chi connectivity index (χ0n) is 5.19. The third-order valence-corrected chi connectivity index (χ3v) is 2.00. The maximum atomic E-state index is 10.4. The minimum absolute atomic E-state index is 0.0428. The van der Waals surface area contributed by atoms with E-state index in [2.05, 4.69) is 0 Å². The van der Waals surface area contributed by atoms with Crippen molar-refractivity contribution in [1.29, 1.82) is 0 Å². The van der Waals surface area contributed by atoms with E-state index in [1.807, 2.05) is 0 Å². The van der Waals surface area contributed by atoms with Crippen LogP contribution in [0.1, 0.15) is 6.42 Å². The molecule has 1 aliphatic rings. The molecular formula is C6H7O3S. The van der Waals surface area contributed by atoms with E-state index in [0.29, 0.717) is 0 Å². The number of hydrogen-bond acceptors (Lipinski definition) is 2. The molecule has 0 fully saturated rings. The van der Waals surface area contributed by atoms with Crippen LogP contribution in [0.15, 0.2) is 23.1 Å². The first-order valence-corrected chi connectivity index (χ1v) is 4.22. The first-order valence-electron chi connectivity index (χ1n) is 2.78. The van der Waals surface area contributed by atoms with Crippen molar-refractivity contribution in [3.05, 3.63) is 29.6 Å². The third kappa shape index (κ3) is 1.68. The molecule has 10 heavy (non-hydrogen) atoms. The van der Waals surface area contributed by atoms with Crippen molar-refractivity contribution in [2.24, 2.45) is 0 Å². The smallest absolute Gasteiger partial charge is 0.282 e. The molecule has 0 spiro atoms. The summed E-state index contributed by atoms with van der Waals surface area (Å²) in [6, 6.07) is 0. The van der Waals surface area contributed by atoms with Gasteiger partial charge < -0.3 is 0 Å². The molecule has 0 amide bonds. The van der Waals surface area contributed by atoms with E-state index in [1.165, 1.54) is 12.2 Å². The van der Waals surface area contributed by atoms with Gasteiger partial charge in [-0.05, 0) is 18.9 Å². The van der Waals surface area contributed by atoms with Crippen LogP contribution in [0.25, 0.3) is 0 Å².